The van der Waals surface area contributed by atoms with Gasteiger partial charge in [0.25, 0.3) is 0 Å². The van der Waals surface area contributed by atoms with Crippen molar-refractivity contribution in [3.8, 4) is 5.69 Å². The van der Waals surface area contributed by atoms with Crippen molar-refractivity contribution in [2.75, 3.05) is 23.3 Å². The Morgan fingerprint density at radius 1 is 0.921 bits per heavy atom. The highest BCUT2D eigenvalue weighted by atomic mass is 35.5. The Hall–Kier alpha value is -4.03. The minimum absolute atomic E-state index is 0.0448. The predicted octanol–water partition coefficient (Wildman–Crippen LogP) is 7.21. The van der Waals surface area contributed by atoms with Crippen LogP contribution in [0, 0.1) is 6.92 Å². The summed E-state index contributed by atoms with van der Waals surface area (Å²) in [5.74, 6) is -0.152. The number of carbonyl (C=O) groups excluding carboxylic acids is 2. The first-order chi connectivity index (χ1) is 18.5. The summed E-state index contributed by atoms with van der Waals surface area (Å²) >= 11 is 6.20. The molecule has 0 aliphatic carbocycles. The Balaban J connectivity index is 1.51. The third-order valence-electron chi connectivity index (χ3n) is 6.96. The number of aryl methyl sites for hydroxylation is 1. The van der Waals surface area contributed by atoms with E-state index < -0.39 is 0 Å². The van der Waals surface area contributed by atoms with Crippen molar-refractivity contribution in [2.24, 2.45) is 0 Å². The summed E-state index contributed by atoms with van der Waals surface area (Å²) in [4.78, 5) is 31.1. The minimum Gasteiger partial charge on any atom is -0.316 e. The number of hydrogen-bond acceptors (Lipinski definition) is 2. The van der Waals surface area contributed by atoms with Gasteiger partial charge in [-0.1, -0.05) is 67.4 Å². The first kappa shape index (κ1) is 25.6. The van der Waals surface area contributed by atoms with Crippen molar-refractivity contribution in [2.45, 2.75) is 32.7 Å². The molecule has 4 aromatic rings. The molecule has 0 bridgehead atoms. The molecule has 194 valence electrons. The van der Waals surface area contributed by atoms with Crippen molar-refractivity contribution < 1.29 is 9.59 Å². The second-order valence-corrected chi connectivity index (χ2v) is 9.97. The quantitative estimate of drug-likeness (QED) is 0.276. The van der Waals surface area contributed by atoms with Crippen LogP contribution in [-0.2, 0) is 4.79 Å². The van der Waals surface area contributed by atoms with Crippen LogP contribution in [-0.4, -0.2) is 34.5 Å². The van der Waals surface area contributed by atoms with Gasteiger partial charge in [0.1, 0.15) is 12.6 Å². The van der Waals surface area contributed by atoms with E-state index in [0.717, 1.165) is 46.7 Å². The maximum absolute atomic E-state index is 14.2. The number of anilines is 2. The van der Waals surface area contributed by atoms with Crippen molar-refractivity contribution in [1.29, 1.82) is 0 Å². The molecule has 6 nitrogen and oxygen atoms in total. The number of rotatable bonds is 7. The van der Waals surface area contributed by atoms with Gasteiger partial charge in [0.15, 0.2) is 0 Å². The fraction of sp³-hybridized carbons (Fsp3) is 0.226. The molecule has 0 saturated heterocycles. The molecule has 2 heterocycles. The molecule has 5 rings (SSSR count). The molecule has 0 spiro atoms. The maximum atomic E-state index is 14.2. The topological polar surface area (TPSA) is 57.6 Å². The number of urea groups is 1. The van der Waals surface area contributed by atoms with E-state index in [4.69, 9.17) is 11.6 Å². The summed E-state index contributed by atoms with van der Waals surface area (Å²) < 4.78 is 2.12. The smallest absolute Gasteiger partial charge is 0.316 e. The van der Waals surface area contributed by atoms with Gasteiger partial charge >= 0.3 is 6.03 Å². The van der Waals surface area contributed by atoms with Crippen molar-refractivity contribution in [3.05, 3.63) is 113 Å². The lowest BCUT2D eigenvalue weighted by atomic mass is 9.97. The molecule has 0 saturated carbocycles. The average molecular weight is 527 g/mol. The first-order valence-electron chi connectivity index (χ1n) is 12.9. The zero-order valence-corrected chi connectivity index (χ0v) is 22.4. The van der Waals surface area contributed by atoms with Gasteiger partial charge in [0, 0.05) is 23.5 Å². The second kappa shape index (κ2) is 11.2. The number of nitrogens with one attached hydrogen (secondary N) is 1. The second-order valence-electron chi connectivity index (χ2n) is 9.53. The van der Waals surface area contributed by atoms with E-state index in [0.29, 0.717) is 11.6 Å². The minimum atomic E-state index is -0.364. The zero-order valence-electron chi connectivity index (χ0n) is 21.6. The number of hydrogen-bond donors (Lipinski definition) is 1. The number of para-hydroxylation sites is 3. The first-order valence-corrected chi connectivity index (χ1v) is 13.3. The van der Waals surface area contributed by atoms with E-state index in [9.17, 15) is 9.59 Å². The monoisotopic (exact) mass is 526 g/mol. The molecular formula is C31H31ClN4O2. The van der Waals surface area contributed by atoms with Gasteiger partial charge in [-0.3, -0.25) is 9.69 Å². The van der Waals surface area contributed by atoms with E-state index >= 15 is 0 Å². The highest BCUT2D eigenvalue weighted by Crippen LogP contribution is 2.42. The van der Waals surface area contributed by atoms with E-state index in [-0.39, 0.29) is 24.5 Å². The molecule has 1 aliphatic heterocycles. The average Bonchev–Trinajstić information content (AvgIpc) is 3.42. The molecule has 3 aromatic carbocycles. The number of halogens is 1. The molecule has 38 heavy (non-hydrogen) atoms. The summed E-state index contributed by atoms with van der Waals surface area (Å²) in [6, 6.07) is 26.5. The van der Waals surface area contributed by atoms with E-state index in [1.165, 1.54) is 0 Å². The van der Waals surface area contributed by atoms with Gasteiger partial charge in [-0.25, -0.2) is 4.79 Å². The van der Waals surface area contributed by atoms with Crippen molar-refractivity contribution in [3.63, 3.8) is 0 Å². The normalized spacial score (nSPS) is 14.0. The molecule has 1 aromatic heterocycles. The van der Waals surface area contributed by atoms with Gasteiger partial charge in [0.05, 0.1) is 17.1 Å². The van der Waals surface area contributed by atoms with Crippen LogP contribution in [0.3, 0.4) is 0 Å². The van der Waals surface area contributed by atoms with Gasteiger partial charge in [-0.15, -0.1) is 0 Å². The van der Waals surface area contributed by atoms with Gasteiger partial charge in [-0.05, 0) is 66.9 Å². The highest BCUT2D eigenvalue weighted by Gasteiger charge is 2.37. The lowest BCUT2D eigenvalue weighted by Gasteiger charge is -2.39. The summed E-state index contributed by atoms with van der Waals surface area (Å²) in [5, 5.41) is 3.64. The fourth-order valence-electron chi connectivity index (χ4n) is 4.97. The summed E-state index contributed by atoms with van der Waals surface area (Å²) in [7, 11) is 0. The molecule has 3 amide bonds. The number of unbranched alkanes of at least 4 members (excludes halogenated alkanes) is 1. The summed E-state index contributed by atoms with van der Waals surface area (Å²) in [6.45, 7) is 4.47. The van der Waals surface area contributed by atoms with E-state index in [1.54, 1.807) is 4.90 Å². The van der Waals surface area contributed by atoms with Crippen LogP contribution in [0.25, 0.3) is 5.69 Å². The number of nitrogens with zero attached hydrogens (tertiary/aromatic N) is 3. The van der Waals surface area contributed by atoms with Crippen LogP contribution in [0.15, 0.2) is 91.1 Å². The van der Waals surface area contributed by atoms with Crippen LogP contribution >= 0.6 is 11.6 Å². The fourth-order valence-corrected chi connectivity index (χ4v) is 5.10. The van der Waals surface area contributed by atoms with E-state index in [2.05, 4.69) is 16.8 Å². The summed E-state index contributed by atoms with van der Waals surface area (Å²) in [6.07, 6.45) is 3.73. The van der Waals surface area contributed by atoms with Crippen LogP contribution in [0.5, 0.6) is 0 Å². The molecule has 0 radical (unpaired) electrons. The van der Waals surface area contributed by atoms with Crippen LogP contribution in [0.2, 0.25) is 5.02 Å². The Morgan fingerprint density at radius 3 is 2.37 bits per heavy atom. The van der Waals surface area contributed by atoms with Crippen molar-refractivity contribution in [1.82, 2.24) is 9.47 Å². The Labute approximate surface area is 228 Å². The summed E-state index contributed by atoms with van der Waals surface area (Å²) in [5.41, 5.74) is 5.36. The lowest BCUT2D eigenvalue weighted by molar-refractivity contribution is -0.119. The van der Waals surface area contributed by atoms with Crippen LogP contribution in [0.1, 0.15) is 42.6 Å². The third kappa shape index (κ3) is 5.04. The lowest BCUT2D eigenvalue weighted by Crippen LogP contribution is -2.48. The SMILES string of the molecule is CCCCN(CC(=O)N1c2ccccc2-n2cccc2C1c1ccc(Cl)cc1)C(=O)Nc1ccccc1C. The van der Waals surface area contributed by atoms with Crippen LogP contribution in [0.4, 0.5) is 16.2 Å². The van der Waals surface area contributed by atoms with E-state index in [1.807, 2.05) is 103 Å². The number of carbonyl (C=O) groups is 2. The standard InChI is InChI=1S/C31H31ClN4O2/c1-3-4-19-34(31(38)33-25-11-6-5-10-22(25)2)21-29(37)36-27-13-8-7-12-26(27)35-20-9-14-28(35)30(36)23-15-17-24(32)18-16-23/h5-18,20,30H,3-4,19,21H2,1-2H3,(H,33,38). The number of fused-ring (bicyclic) bond motifs is 3. The van der Waals surface area contributed by atoms with Gasteiger partial charge in [0.2, 0.25) is 5.91 Å². The molecule has 1 N–H and O–H groups in total. The Morgan fingerprint density at radius 2 is 1.63 bits per heavy atom. The molecular weight excluding hydrogens is 496 g/mol. The maximum Gasteiger partial charge on any atom is 0.322 e. The zero-order chi connectivity index (χ0) is 26.6. The Bertz CT molecular complexity index is 1450. The molecule has 1 aliphatic rings. The largest absolute Gasteiger partial charge is 0.322 e. The third-order valence-corrected chi connectivity index (χ3v) is 7.21. The number of aromatic nitrogens is 1. The van der Waals surface area contributed by atoms with Gasteiger partial charge in [-0.2, -0.15) is 0 Å². The van der Waals surface area contributed by atoms with Gasteiger partial charge < -0.3 is 14.8 Å². The number of amides is 3. The molecule has 1 atom stereocenters. The van der Waals surface area contributed by atoms with Crippen molar-refractivity contribution >= 4 is 34.9 Å². The highest BCUT2D eigenvalue weighted by molar-refractivity contribution is 6.30. The predicted molar refractivity (Wildman–Crippen MR) is 153 cm³/mol. The molecule has 1 unspecified atom stereocenters. The molecule has 0 fully saturated rings. The number of benzene rings is 3. The molecule has 7 heteroatoms. The van der Waals surface area contributed by atoms with Crippen LogP contribution < -0.4 is 10.2 Å². The Kier molecular flexibility index (Phi) is 7.52.